The largest absolute Gasteiger partial charge is 0.417 e. The Morgan fingerprint density at radius 3 is 2.60 bits per heavy atom. The number of benzene rings is 1. The van der Waals surface area contributed by atoms with Crippen molar-refractivity contribution in [3.63, 3.8) is 0 Å². The third-order valence-electron chi connectivity index (χ3n) is 3.33. The first-order chi connectivity index (χ1) is 9.38. The lowest BCUT2D eigenvalue weighted by atomic mass is 10.2. The first-order valence-electron chi connectivity index (χ1n) is 6.05. The summed E-state index contributed by atoms with van der Waals surface area (Å²) in [6.45, 7) is 0. The lowest BCUT2D eigenvalue weighted by Gasteiger charge is -2.10. The number of alkyl halides is 3. The Hall–Kier alpha value is -1.69. The van der Waals surface area contributed by atoms with Crippen molar-refractivity contribution in [2.24, 2.45) is 0 Å². The second-order valence-corrected chi connectivity index (χ2v) is 5.21. The van der Waals surface area contributed by atoms with Crippen LogP contribution in [-0.2, 0) is 6.18 Å². The third kappa shape index (κ3) is 2.24. The van der Waals surface area contributed by atoms with Crippen LogP contribution in [0.4, 0.5) is 13.2 Å². The molecule has 0 amide bonds. The zero-order chi connectivity index (χ0) is 14.5. The van der Waals surface area contributed by atoms with Crippen LogP contribution < -0.4 is 5.56 Å². The summed E-state index contributed by atoms with van der Waals surface area (Å²) in [5.74, 6) is 0.231. The van der Waals surface area contributed by atoms with Gasteiger partial charge in [-0.05, 0) is 37.0 Å². The molecule has 1 aliphatic carbocycles. The molecule has 0 saturated heterocycles. The molecule has 0 atom stereocenters. The van der Waals surface area contributed by atoms with Gasteiger partial charge in [0.15, 0.2) is 0 Å². The van der Waals surface area contributed by atoms with Gasteiger partial charge in [0.05, 0.1) is 16.3 Å². The molecular weight excluding hydrogens is 293 g/mol. The number of nitrogens with one attached hydrogen (secondary N) is 1. The first kappa shape index (κ1) is 13.3. The molecule has 1 saturated carbocycles. The van der Waals surface area contributed by atoms with Crippen LogP contribution in [0.15, 0.2) is 29.2 Å². The van der Waals surface area contributed by atoms with E-state index in [9.17, 15) is 18.0 Å². The molecule has 0 radical (unpaired) electrons. The highest BCUT2D eigenvalue weighted by atomic mass is 35.5. The molecule has 3 nitrogen and oxygen atoms in total. The Labute approximate surface area is 117 Å². The summed E-state index contributed by atoms with van der Waals surface area (Å²) >= 11 is 5.56. The molecule has 0 bridgehead atoms. The van der Waals surface area contributed by atoms with Crippen molar-refractivity contribution in [1.29, 1.82) is 0 Å². The predicted octanol–water partition coefficient (Wildman–Crippen LogP) is 3.72. The number of aromatic amines is 1. The zero-order valence-corrected chi connectivity index (χ0v) is 10.9. The van der Waals surface area contributed by atoms with Gasteiger partial charge >= 0.3 is 6.18 Å². The van der Waals surface area contributed by atoms with E-state index in [-0.39, 0.29) is 22.2 Å². The minimum atomic E-state index is -4.55. The Balaban J connectivity index is 2.09. The van der Waals surface area contributed by atoms with Gasteiger partial charge in [0.25, 0.3) is 5.56 Å². The molecule has 1 heterocycles. The van der Waals surface area contributed by atoms with E-state index in [1.54, 1.807) is 6.20 Å². The summed E-state index contributed by atoms with van der Waals surface area (Å²) in [5, 5.41) is 2.32. The fourth-order valence-corrected chi connectivity index (χ4v) is 2.36. The summed E-state index contributed by atoms with van der Waals surface area (Å²) in [7, 11) is 0. The van der Waals surface area contributed by atoms with E-state index in [0.29, 0.717) is 5.56 Å². The summed E-state index contributed by atoms with van der Waals surface area (Å²) in [6.07, 6.45) is -1.10. The van der Waals surface area contributed by atoms with Crippen LogP contribution in [0.5, 0.6) is 0 Å². The Morgan fingerprint density at radius 1 is 1.30 bits per heavy atom. The van der Waals surface area contributed by atoms with Gasteiger partial charge < -0.3 is 0 Å². The van der Waals surface area contributed by atoms with Crippen molar-refractivity contribution in [3.05, 3.63) is 50.9 Å². The number of nitrogens with zero attached hydrogens (tertiary/aromatic N) is 1. The molecule has 20 heavy (non-hydrogen) atoms. The van der Waals surface area contributed by atoms with E-state index in [4.69, 9.17) is 11.6 Å². The van der Waals surface area contributed by atoms with Crippen LogP contribution in [0.1, 0.15) is 29.9 Å². The highest BCUT2D eigenvalue weighted by Gasteiger charge is 2.34. The van der Waals surface area contributed by atoms with Gasteiger partial charge in [-0.2, -0.15) is 13.2 Å². The number of rotatable bonds is 2. The van der Waals surface area contributed by atoms with Gasteiger partial charge in [-0.25, -0.2) is 4.68 Å². The molecule has 2 aromatic rings. The van der Waals surface area contributed by atoms with Gasteiger partial charge in [-0.3, -0.25) is 9.89 Å². The molecule has 1 aliphatic rings. The summed E-state index contributed by atoms with van der Waals surface area (Å²) in [6, 6.07) is 3.40. The number of aromatic nitrogens is 2. The topological polar surface area (TPSA) is 37.8 Å². The minimum absolute atomic E-state index is 0.124. The Kier molecular flexibility index (Phi) is 2.93. The maximum Gasteiger partial charge on any atom is 0.417 e. The molecule has 3 rings (SSSR count). The van der Waals surface area contributed by atoms with Crippen molar-refractivity contribution in [1.82, 2.24) is 9.78 Å². The Bertz CT molecular complexity index is 713. The van der Waals surface area contributed by atoms with Crippen LogP contribution in [0.25, 0.3) is 5.69 Å². The van der Waals surface area contributed by atoms with Gasteiger partial charge in [0.2, 0.25) is 0 Å². The third-order valence-corrected chi connectivity index (χ3v) is 3.66. The van der Waals surface area contributed by atoms with Crippen LogP contribution in [0.3, 0.4) is 0 Å². The molecule has 1 fully saturated rings. The van der Waals surface area contributed by atoms with E-state index in [1.807, 2.05) is 0 Å². The van der Waals surface area contributed by atoms with E-state index in [1.165, 1.54) is 6.07 Å². The number of H-pyrrole nitrogens is 1. The van der Waals surface area contributed by atoms with Crippen molar-refractivity contribution in [2.75, 3.05) is 0 Å². The lowest BCUT2D eigenvalue weighted by molar-refractivity contribution is -0.137. The smallest absolute Gasteiger partial charge is 0.298 e. The van der Waals surface area contributed by atoms with Crippen molar-refractivity contribution in [3.8, 4) is 5.69 Å². The lowest BCUT2D eigenvalue weighted by Crippen LogP contribution is -2.18. The second-order valence-electron chi connectivity index (χ2n) is 4.81. The minimum Gasteiger partial charge on any atom is -0.298 e. The van der Waals surface area contributed by atoms with E-state index >= 15 is 0 Å². The molecular formula is C13H10ClF3N2O. The summed E-state index contributed by atoms with van der Waals surface area (Å²) in [5.41, 5.74) is -0.513. The average Bonchev–Trinajstić information content (AvgIpc) is 3.13. The van der Waals surface area contributed by atoms with Crippen LogP contribution in [-0.4, -0.2) is 9.78 Å². The first-order valence-corrected chi connectivity index (χ1v) is 6.43. The number of hydrogen-bond acceptors (Lipinski definition) is 1. The van der Waals surface area contributed by atoms with Crippen molar-refractivity contribution < 1.29 is 13.2 Å². The Morgan fingerprint density at radius 2 is 2.00 bits per heavy atom. The van der Waals surface area contributed by atoms with Crippen molar-refractivity contribution in [2.45, 2.75) is 24.9 Å². The standard InChI is InChI=1S/C13H10ClF3N2O/c14-11-4-3-8(5-10(11)13(15,16)17)19-12(20)9(6-18-19)7-1-2-7/h3-7,18H,1-2H2. The SMILES string of the molecule is O=c1c(C2CC2)c[nH]n1-c1ccc(Cl)c(C(F)(F)F)c1. The fraction of sp³-hybridized carbons (Fsp3) is 0.308. The molecule has 0 spiro atoms. The monoisotopic (exact) mass is 302 g/mol. The maximum absolute atomic E-state index is 12.8. The van der Waals surface area contributed by atoms with Gasteiger partial charge in [0.1, 0.15) is 0 Å². The predicted molar refractivity (Wildman–Crippen MR) is 68.4 cm³/mol. The molecule has 0 aliphatic heterocycles. The highest BCUT2D eigenvalue weighted by Crippen LogP contribution is 2.38. The maximum atomic E-state index is 12.8. The normalized spacial score (nSPS) is 15.6. The van der Waals surface area contributed by atoms with Crippen LogP contribution >= 0.6 is 11.6 Å². The highest BCUT2D eigenvalue weighted by molar-refractivity contribution is 6.31. The van der Waals surface area contributed by atoms with Gasteiger partial charge in [0, 0.05) is 11.8 Å². The molecule has 106 valence electrons. The summed E-state index contributed by atoms with van der Waals surface area (Å²) in [4.78, 5) is 12.1. The molecule has 0 unspecified atom stereocenters. The fourth-order valence-electron chi connectivity index (χ4n) is 2.13. The van der Waals surface area contributed by atoms with Gasteiger partial charge in [-0.1, -0.05) is 11.6 Å². The van der Waals surface area contributed by atoms with E-state index in [2.05, 4.69) is 5.10 Å². The zero-order valence-electron chi connectivity index (χ0n) is 10.2. The quantitative estimate of drug-likeness (QED) is 0.902. The van der Waals surface area contributed by atoms with Crippen LogP contribution in [0, 0.1) is 0 Å². The summed E-state index contributed by atoms with van der Waals surface area (Å²) < 4.78 is 39.5. The van der Waals surface area contributed by atoms with Crippen molar-refractivity contribution >= 4 is 11.6 Å². The number of hydrogen-bond donors (Lipinski definition) is 1. The van der Waals surface area contributed by atoms with Crippen LogP contribution in [0.2, 0.25) is 5.02 Å². The van der Waals surface area contributed by atoms with Gasteiger partial charge in [-0.15, -0.1) is 0 Å². The second kappa shape index (κ2) is 4.41. The molecule has 1 aromatic heterocycles. The molecule has 1 aromatic carbocycles. The number of halogens is 4. The van der Waals surface area contributed by atoms with E-state index < -0.39 is 11.7 Å². The molecule has 7 heteroatoms. The molecule has 1 N–H and O–H groups in total. The van der Waals surface area contributed by atoms with E-state index in [0.717, 1.165) is 29.7 Å². The average molecular weight is 303 g/mol.